The van der Waals surface area contributed by atoms with Gasteiger partial charge in [-0.05, 0) is 13.3 Å². The fourth-order valence-electron chi connectivity index (χ4n) is 2.65. The van der Waals surface area contributed by atoms with Gasteiger partial charge in [0.2, 0.25) is 23.6 Å². The van der Waals surface area contributed by atoms with Crippen LogP contribution in [0, 0.1) is 0 Å². The number of thioether (sulfide) groups is 1. The van der Waals surface area contributed by atoms with E-state index in [4.69, 9.17) is 0 Å². The zero-order valence-corrected chi connectivity index (χ0v) is 12.2. The molecule has 11 heteroatoms. The van der Waals surface area contributed by atoms with Gasteiger partial charge in [-0.15, -0.1) is 16.9 Å². The predicted octanol–water partition coefficient (Wildman–Crippen LogP) is 1.22. The quantitative estimate of drug-likeness (QED) is 0.848. The third-order valence-corrected chi connectivity index (χ3v) is 5.24. The number of carbonyl (C=O) groups is 2. The lowest BCUT2D eigenvalue weighted by Gasteiger charge is -2.29. The summed E-state index contributed by atoms with van der Waals surface area (Å²) < 4.78 is 37.2. The molecular formula is C11H12F3N5O2S. The summed E-state index contributed by atoms with van der Waals surface area (Å²) in [7, 11) is 0. The van der Waals surface area contributed by atoms with Crippen molar-refractivity contribution in [3.8, 4) is 0 Å². The monoisotopic (exact) mass is 335 g/mol. The summed E-state index contributed by atoms with van der Waals surface area (Å²) in [6, 6.07) is -0.724. The molecule has 0 aliphatic carbocycles. The molecule has 0 saturated carbocycles. The van der Waals surface area contributed by atoms with Crippen molar-refractivity contribution in [1.82, 2.24) is 20.1 Å². The van der Waals surface area contributed by atoms with Crippen molar-refractivity contribution in [2.75, 3.05) is 11.1 Å². The third-order valence-electron chi connectivity index (χ3n) is 3.74. The fourth-order valence-corrected chi connectivity index (χ4v) is 4.08. The smallest absolute Gasteiger partial charge is 0.315 e. The first-order valence-electron chi connectivity index (χ1n) is 6.47. The molecule has 0 spiro atoms. The summed E-state index contributed by atoms with van der Waals surface area (Å²) >= 11 is 1.49. The number of carbonyl (C=O) groups excluding carboxylic acids is 2. The number of hydrogen-bond acceptors (Lipinski definition) is 5. The van der Waals surface area contributed by atoms with E-state index in [1.54, 1.807) is 5.10 Å². The minimum atomic E-state index is -4.66. The first-order valence-corrected chi connectivity index (χ1v) is 7.46. The van der Waals surface area contributed by atoms with E-state index in [1.165, 1.54) is 16.7 Å². The maximum atomic E-state index is 12.4. The Hall–Kier alpha value is -1.78. The number of nitrogens with zero attached hydrogens (tertiary/aromatic N) is 3. The van der Waals surface area contributed by atoms with E-state index in [0.29, 0.717) is 18.6 Å². The summed E-state index contributed by atoms with van der Waals surface area (Å²) in [6.07, 6.45) is -3.64. The van der Waals surface area contributed by atoms with Crippen LogP contribution in [0.25, 0.3) is 0 Å². The van der Waals surface area contributed by atoms with Gasteiger partial charge < -0.3 is 4.90 Å². The summed E-state index contributed by atoms with van der Waals surface area (Å²) in [5.74, 6) is -2.06. The number of amides is 2. The molecule has 0 radical (unpaired) electrons. The molecule has 22 heavy (non-hydrogen) atoms. The highest BCUT2D eigenvalue weighted by molar-refractivity contribution is 8.01. The molecule has 2 N–H and O–H groups in total. The second kappa shape index (κ2) is 4.86. The molecule has 2 amide bonds. The summed E-state index contributed by atoms with van der Waals surface area (Å²) in [5, 5.41) is 7.26. The average molecular weight is 335 g/mol. The van der Waals surface area contributed by atoms with Crippen molar-refractivity contribution in [2.24, 2.45) is 0 Å². The summed E-state index contributed by atoms with van der Waals surface area (Å²) in [4.78, 5) is 28.4. The van der Waals surface area contributed by atoms with Crippen molar-refractivity contribution < 1.29 is 22.8 Å². The number of aromatic amines is 1. The van der Waals surface area contributed by atoms with Crippen molar-refractivity contribution in [1.29, 1.82) is 0 Å². The van der Waals surface area contributed by atoms with E-state index in [0.717, 1.165) is 0 Å². The zero-order chi connectivity index (χ0) is 16.1. The van der Waals surface area contributed by atoms with Gasteiger partial charge in [-0.3, -0.25) is 20.0 Å². The van der Waals surface area contributed by atoms with Gasteiger partial charge in [-0.2, -0.15) is 18.2 Å². The van der Waals surface area contributed by atoms with E-state index < -0.39 is 34.8 Å². The Labute approximate surface area is 127 Å². The number of fused-ring (bicyclic) bond motifs is 1. The van der Waals surface area contributed by atoms with Gasteiger partial charge in [0.25, 0.3) is 0 Å². The highest BCUT2D eigenvalue weighted by atomic mass is 32.2. The Kier molecular flexibility index (Phi) is 3.34. The number of aromatic nitrogens is 3. The first-order chi connectivity index (χ1) is 10.2. The molecule has 3 rings (SSSR count). The SMILES string of the molecule is CC12CCC(=O)N1C(C(=O)Nc1n[nH]c(C(F)(F)F)n1)CS2. The molecule has 2 aliphatic heterocycles. The summed E-state index contributed by atoms with van der Waals surface area (Å²) in [6.45, 7) is 1.88. The van der Waals surface area contributed by atoms with Crippen LogP contribution in [0.3, 0.4) is 0 Å². The second-order valence-corrected chi connectivity index (χ2v) is 6.76. The molecule has 3 heterocycles. The number of H-pyrrole nitrogens is 1. The average Bonchev–Trinajstić information content (AvgIpc) is 3.06. The van der Waals surface area contributed by atoms with Crippen molar-refractivity contribution in [3.63, 3.8) is 0 Å². The van der Waals surface area contributed by atoms with Crippen LogP contribution in [-0.2, 0) is 15.8 Å². The van der Waals surface area contributed by atoms with Crippen LogP contribution in [0.2, 0.25) is 0 Å². The van der Waals surface area contributed by atoms with Gasteiger partial charge in [0.1, 0.15) is 6.04 Å². The second-order valence-electron chi connectivity index (χ2n) is 5.26. The maximum absolute atomic E-state index is 12.4. The predicted molar refractivity (Wildman–Crippen MR) is 70.7 cm³/mol. The van der Waals surface area contributed by atoms with Crippen molar-refractivity contribution >= 4 is 29.5 Å². The van der Waals surface area contributed by atoms with Gasteiger partial charge in [0, 0.05) is 12.2 Å². The van der Waals surface area contributed by atoms with E-state index in [1.807, 2.05) is 6.92 Å². The van der Waals surface area contributed by atoms with Gasteiger partial charge in [0.15, 0.2) is 0 Å². The molecule has 7 nitrogen and oxygen atoms in total. The molecule has 2 fully saturated rings. The van der Waals surface area contributed by atoms with Crippen LogP contribution < -0.4 is 5.32 Å². The van der Waals surface area contributed by atoms with Crippen LogP contribution in [0.5, 0.6) is 0 Å². The molecule has 2 unspecified atom stereocenters. The number of rotatable bonds is 2. The lowest BCUT2D eigenvalue weighted by Crippen LogP contribution is -2.48. The molecular weight excluding hydrogens is 323 g/mol. The Morgan fingerprint density at radius 1 is 1.55 bits per heavy atom. The van der Waals surface area contributed by atoms with Gasteiger partial charge >= 0.3 is 6.18 Å². The molecule has 1 aromatic rings. The van der Waals surface area contributed by atoms with E-state index >= 15 is 0 Å². The highest BCUT2D eigenvalue weighted by Gasteiger charge is 2.53. The van der Waals surface area contributed by atoms with Gasteiger partial charge in [0.05, 0.1) is 4.87 Å². The van der Waals surface area contributed by atoms with Crippen LogP contribution in [0.4, 0.5) is 19.1 Å². The molecule has 2 saturated heterocycles. The highest BCUT2D eigenvalue weighted by Crippen LogP contribution is 2.47. The van der Waals surface area contributed by atoms with Gasteiger partial charge in [-0.1, -0.05) is 0 Å². The van der Waals surface area contributed by atoms with E-state index in [2.05, 4.69) is 15.4 Å². The maximum Gasteiger partial charge on any atom is 0.451 e. The Morgan fingerprint density at radius 2 is 2.27 bits per heavy atom. The molecule has 2 atom stereocenters. The van der Waals surface area contributed by atoms with Crippen LogP contribution in [-0.4, -0.2) is 48.6 Å². The molecule has 1 aromatic heterocycles. The third kappa shape index (κ3) is 2.42. The molecule has 120 valence electrons. The number of halogens is 3. The van der Waals surface area contributed by atoms with Gasteiger partial charge in [-0.25, -0.2) is 0 Å². The fraction of sp³-hybridized carbons (Fsp3) is 0.636. The largest absolute Gasteiger partial charge is 0.451 e. The number of nitrogens with one attached hydrogen (secondary N) is 2. The molecule has 2 aliphatic rings. The van der Waals surface area contributed by atoms with Crippen molar-refractivity contribution in [3.05, 3.63) is 5.82 Å². The standard InChI is InChI=1S/C11H12F3N5O2S/c1-10-3-2-6(20)19(10)5(4-22-10)7(21)15-9-16-8(17-18-9)11(12,13)14/h5H,2-4H2,1H3,(H2,15,16,17,18,21). The number of alkyl halides is 3. The van der Waals surface area contributed by atoms with Crippen molar-refractivity contribution in [2.45, 2.75) is 36.9 Å². The van der Waals surface area contributed by atoms with E-state index in [9.17, 15) is 22.8 Å². The first kappa shape index (κ1) is 15.1. The topological polar surface area (TPSA) is 91.0 Å². The zero-order valence-electron chi connectivity index (χ0n) is 11.4. The lowest BCUT2D eigenvalue weighted by atomic mass is 10.2. The Morgan fingerprint density at radius 3 is 2.91 bits per heavy atom. The Bertz CT molecular complexity index is 633. The van der Waals surface area contributed by atoms with Crippen LogP contribution in [0.15, 0.2) is 0 Å². The summed E-state index contributed by atoms with van der Waals surface area (Å²) in [5.41, 5.74) is 0. The molecule has 0 aromatic carbocycles. The minimum absolute atomic E-state index is 0.126. The lowest BCUT2D eigenvalue weighted by molar-refractivity contribution is -0.144. The van der Waals surface area contributed by atoms with Crippen LogP contribution in [0.1, 0.15) is 25.6 Å². The normalized spacial score (nSPS) is 28.1. The van der Waals surface area contributed by atoms with E-state index in [-0.39, 0.29) is 5.91 Å². The Balaban J connectivity index is 1.73. The minimum Gasteiger partial charge on any atom is -0.315 e. The number of anilines is 1. The molecule has 0 bridgehead atoms. The van der Waals surface area contributed by atoms with Crippen LogP contribution >= 0.6 is 11.8 Å². The number of hydrogen-bond donors (Lipinski definition) is 2.